The first-order valence-corrected chi connectivity index (χ1v) is 6.04. The third-order valence-corrected chi connectivity index (χ3v) is 2.75. The summed E-state index contributed by atoms with van der Waals surface area (Å²) in [6.45, 7) is 4.97. The van der Waals surface area contributed by atoms with Gasteiger partial charge >= 0.3 is 0 Å². The molecule has 0 aliphatic carbocycles. The molecule has 0 unspecified atom stereocenters. The Bertz CT molecular complexity index is 410. The number of aryl methyl sites for hydroxylation is 1. The van der Waals surface area contributed by atoms with Gasteiger partial charge in [0.25, 0.3) is 5.91 Å². The fourth-order valence-corrected chi connectivity index (χ4v) is 1.61. The summed E-state index contributed by atoms with van der Waals surface area (Å²) in [6.07, 6.45) is 1.85. The van der Waals surface area contributed by atoms with Crippen molar-refractivity contribution in [2.24, 2.45) is 0 Å². The number of halogens is 1. The van der Waals surface area contributed by atoms with Gasteiger partial charge in [-0.2, -0.15) is 0 Å². The van der Waals surface area contributed by atoms with Crippen molar-refractivity contribution in [2.45, 2.75) is 39.2 Å². The fraction of sp³-hybridized carbons (Fsp3) is 0.462. The van der Waals surface area contributed by atoms with Crippen molar-refractivity contribution in [1.29, 1.82) is 0 Å². The van der Waals surface area contributed by atoms with E-state index in [1.807, 2.05) is 6.07 Å². The molecule has 0 fully saturated rings. The number of amides is 1. The zero-order valence-corrected chi connectivity index (χ0v) is 11.1. The quantitative estimate of drug-likeness (QED) is 0.869. The highest BCUT2D eigenvalue weighted by Crippen LogP contribution is 2.22. The number of hydrogen-bond donors (Lipinski definition) is 2. The van der Waals surface area contributed by atoms with Gasteiger partial charge < -0.3 is 10.4 Å². The van der Waals surface area contributed by atoms with Gasteiger partial charge in [-0.25, -0.2) is 0 Å². The highest BCUT2D eigenvalue weighted by molar-refractivity contribution is 6.31. The predicted octanol–water partition coefficient (Wildman–Crippen LogP) is 3.00. The third-order valence-electron chi connectivity index (χ3n) is 2.38. The molecule has 0 aromatic heterocycles. The molecule has 0 spiro atoms. The molecule has 4 heteroatoms. The normalized spacial score (nSPS) is 11.4. The van der Waals surface area contributed by atoms with Gasteiger partial charge in [0.15, 0.2) is 0 Å². The summed E-state index contributed by atoms with van der Waals surface area (Å²) in [5.41, 5.74) is 0.276. The van der Waals surface area contributed by atoms with E-state index < -0.39 is 11.5 Å². The van der Waals surface area contributed by atoms with Gasteiger partial charge in [-0.1, -0.05) is 24.9 Å². The van der Waals surface area contributed by atoms with Crippen LogP contribution < -0.4 is 5.32 Å². The fourth-order valence-electron chi connectivity index (χ4n) is 1.40. The van der Waals surface area contributed by atoms with E-state index in [4.69, 9.17) is 11.6 Å². The third kappa shape index (κ3) is 4.02. The van der Waals surface area contributed by atoms with E-state index in [9.17, 15) is 9.90 Å². The molecular formula is C13H18ClNO2. The zero-order valence-electron chi connectivity index (χ0n) is 10.4. The lowest BCUT2D eigenvalue weighted by atomic mass is 10.1. The number of nitrogens with one attached hydrogen (secondary N) is 1. The maximum absolute atomic E-state index is 11.6. The van der Waals surface area contributed by atoms with Gasteiger partial charge in [-0.3, -0.25) is 4.79 Å². The maximum atomic E-state index is 11.6. The van der Waals surface area contributed by atoms with E-state index in [-0.39, 0.29) is 0 Å². The van der Waals surface area contributed by atoms with Crippen molar-refractivity contribution in [3.8, 4) is 0 Å². The minimum Gasteiger partial charge on any atom is -0.381 e. The van der Waals surface area contributed by atoms with Crippen molar-refractivity contribution in [3.05, 3.63) is 28.8 Å². The van der Waals surface area contributed by atoms with Gasteiger partial charge in [-0.15, -0.1) is 0 Å². The molecule has 2 N–H and O–H groups in total. The van der Waals surface area contributed by atoms with Crippen LogP contribution in [0.5, 0.6) is 0 Å². The summed E-state index contributed by atoms with van der Waals surface area (Å²) < 4.78 is 0. The molecule has 0 radical (unpaired) electrons. The lowest BCUT2D eigenvalue weighted by Gasteiger charge is -2.17. The molecule has 1 amide bonds. The molecule has 1 rings (SSSR count). The molecule has 0 bridgehead atoms. The first kappa shape index (κ1) is 14.0. The topological polar surface area (TPSA) is 49.3 Å². The number of benzene rings is 1. The summed E-state index contributed by atoms with van der Waals surface area (Å²) in [7, 11) is 0. The van der Waals surface area contributed by atoms with Crippen LogP contribution in [0.4, 0.5) is 5.69 Å². The number of aliphatic hydroxyl groups is 1. The Morgan fingerprint density at radius 1 is 1.47 bits per heavy atom. The largest absolute Gasteiger partial charge is 0.381 e. The van der Waals surface area contributed by atoms with Crippen LogP contribution >= 0.6 is 11.6 Å². The molecule has 1 aromatic carbocycles. The molecule has 0 saturated carbocycles. The Morgan fingerprint density at radius 3 is 2.65 bits per heavy atom. The molecule has 0 atom stereocenters. The van der Waals surface area contributed by atoms with E-state index in [0.29, 0.717) is 10.7 Å². The minimum atomic E-state index is -1.38. The maximum Gasteiger partial charge on any atom is 0.255 e. The second-order valence-electron chi connectivity index (χ2n) is 4.57. The van der Waals surface area contributed by atoms with Crippen LogP contribution in [0.1, 0.15) is 32.8 Å². The lowest BCUT2D eigenvalue weighted by molar-refractivity contribution is -0.130. The standard InChI is InChI=1S/C13H18ClNO2/c1-4-5-9-8-10(6-7-11(9)14)15-12(16)13(2,3)17/h6-8,17H,4-5H2,1-3H3,(H,15,16). The summed E-state index contributed by atoms with van der Waals surface area (Å²) >= 11 is 6.04. The highest BCUT2D eigenvalue weighted by atomic mass is 35.5. The summed E-state index contributed by atoms with van der Waals surface area (Å²) in [6, 6.07) is 5.33. The zero-order chi connectivity index (χ0) is 13.1. The van der Waals surface area contributed by atoms with Gasteiger partial charge in [0.05, 0.1) is 0 Å². The van der Waals surface area contributed by atoms with Crippen LogP contribution in [0.2, 0.25) is 5.02 Å². The smallest absolute Gasteiger partial charge is 0.255 e. The van der Waals surface area contributed by atoms with E-state index in [0.717, 1.165) is 18.4 Å². The number of carbonyl (C=O) groups excluding carboxylic acids is 1. The summed E-state index contributed by atoms with van der Waals surface area (Å²) in [4.78, 5) is 11.6. The van der Waals surface area contributed by atoms with Gasteiger partial charge in [0.2, 0.25) is 0 Å². The minimum absolute atomic E-state index is 0.428. The van der Waals surface area contributed by atoms with E-state index >= 15 is 0 Å². The molecule has 17 heavy (non-hydrogen) atoms. The Labute approximate surface area is 107 Å². The van der Waals surface area contributed by atoms with Crippen molar-refractivity contribution in [2.75, 3.05) is 5.32 Å². The summed E-state index contributed by atoms with van der Waals surface area (Å²) in [5.74, 6) is -0.428. The second kappa shape index (κ2) is 5.52. The number of anilines is 1. The Kier molecular flexibility index (Phi) is 4.54. The first-order chi connectivity index (χ1) is 7.84. The van der Waals surface area contributed by atoms with Crippen LogP contribution in [0, 0.1) is 0 Å². The Morgan fingerprint density at radius 2 is 2.12 bits per heavy atom. The highest BCUT2D eigenvalue weighted by Gasteiger charge is 2.23. The van der Waals surface area contributed by atoms with Gasteiger partial charge in [0.1, 0.15) is 5.60 Å². The van der Waals surface area contributed by atoms with Crippen molar-refractivity contribution in [3.63, 3.8) is 0 Å². The average Bonchev–Trinajstić information content (AvgIpc) is 2.22. The average molecular weight is 256 g/mol. The van der Waals surface area contributed by atoms with E-state index in [1.165, 1.54) is 13.8 Å². The van der Waals surface area contributed by atoms with Crippen molar-refractivity contribution >= 4 is 23.2 Å². The molecular weight excluding hydrogens is 238 g/mol. The molecule has 1 aromatic rings. The molecule has 3 nitrogen and oxygen atoms in total. The van der Waals surface area contributed by atoms with Crippen LogP contribution in [0.3, 0.4) is 0 Å². The van der Waals surface area contributed by atoms with Crippen LogP contribution in [0.15, 0.2) is 18.2 Å². The van der Waals surface area contributed by atoms with E-state index in [2.05, 4.69) is 12.2 Å². The van der Waals surface area contributed by atoms with Crippen LogP contribution in [-0.4, -0.2) is 16.6 Å². The predicted molar refractivity (Wildman–Crippen MR) is 70.4 cm³/mol. The number of carbonyl (C=O) groups is 1. The SMILES string of the molecule is CCCc1cc(NC(=O)C(C)(C)O)ccc1Cl. The molecule has 0 saturated heterocycles. The van der Waals surface area contributed by atoms with E-state index in [1.54, 1.807) is 12.1 Å². The monoisotopic (exact) mass is 255 g/mol. The van der Waals surface area contributed by atoms with Gasteiger partial charge in [-0.05, 0) is 44.0 Å². The molecule has 0 aliphatic heterocycles. The number of hydrogen-bond acceptors (Lipinski definition) is 2. The Balaban J connectivity index is 2.86. The molecule has 94 valence electrons. The summed E-state index contributed by atoms with van der Waals surface area (Å²) in [5, 5.41) is 12.9. The van der Waals surface area contributed by atoms with Crippen molar-refractivity contribution < 1.29 is 9.90 Å². The van der Waals surface area contributed by atoms with Gasteiger partial charge in [0, 0.05) is 10.7 Å². The van der Waals surface area contributed by atoms with Crippen LogP contribution in [0.25, 0.3) is 0 Å². The number of rotatable bonds is 4. The molecule has 0 aliphatic rings. The second-order valence-corrected chi connectivity index (χ2v) is 4.98. The molecule has 0 heterocycles. The first-order valence-electron chi connectivity index (χ1n) is 5.67. The Hall–Kier alpha value is -1.06. The van der Waals surface area contributed by atoms with Crippen LogP contribution in [-0.2, 0) is 11.2 Å². The lowest BCUT2D eigenvalue weighted by Crippen LogP contribution is -2.36. The van der Waals surface area contributed by atoms with Crippen molar-refractivity contribution in [1.82, 2.24) is 0 Å².